The maximum Gasteiger partial charge on any atom is 0.133 e. The average Bonchev–Trinajstić information content (AvgIpc) is 2.92. The van der Waals surface area contributed by atoms with Crippen LogP contribution in [0.1, 0.15) is 31.4 Å². The van der Waals surface area contributed by atoms with Gasteiger partial charge in [-0.1, -0.05) is 13.0 Å². The number of halogens is 1. The smallest absolute Gasteiger partial charge is 0.133 e. The summed E-state index contributed by atoms with van der Waals surface area (Å²) in [5.74, 6) is 1.47. The molecule has 4 heteroatoms. The maximum absolute atomic E-state index is 5.69. The molecule has 1 N–H and O–H groups in total. The first-order valence-electron chi connectivity index (χ1n) is 6.93. The van der Waals surface area contributed by atoms with Gasteiger partial charge in [-0.3, -0.25) is 0 Å². The van der Waals surface area contributed by atoms with Gasteiger partial charge in [-0.15, -0.1) is 0 Å². The number of benzene rings is 1. The van der Waals surface area contributed by atoms with Gasteiger partial charge in [0.2, 0.25) is 0 Å². The molecule has 0 aliphatic carbocycles. The van der Waals surface area contributed by atoms with Crippen LogP contribution in [0.25, 0.3) is 0 Å². The Kier molecular flexibility index (Phi) is 5.67. The zero-order chi connectivity index (χ0) is 13.7. The molecule has 0 bridgehead atoms. The highest BCUT2D eigenvalue weighted by molar-refractivity contribution is 9.10. The molecule has 1 aromatic carbocycles. The van der Waals surface area contributed by atoms with Crippen molar-refractivity contribution < 1.29 is 9.47 Å². The predicted molar refractivity (Wildman–Crippen MR) is 80.7 cm³/mol. The van der Waals surface area contributed by atoms with E-state index in [-0.39, 0.29) is 0 Å². The van der Waals surface area contributed by atoms with Crippen LogP contribution >= 0.6 is 15.9 Å². The van der Waals surface area contributed by atoms with Crippen LogP contribution in [0.4, 0.5) is 0 Å². The van der Waals surface area contributed by atoms with Gasteiger partial charge in [-0.05, 0) is 53.5 Å². The molecule has 1 aliphatic rings. The predicted octanol–water partition coefficient (Wildman–Crippen LogP) is 3.53. The Balaban J connectivity index is 2.12. The molecule has 3 nitrogen and oxygen atoms in total. The summed E-state index contributed by atoms with van der Waals surface area (Å²) >= 11 is 3.60. The SMILES string of the molecule is CCCOc1ccc(C(NC)C2CCOC2)cc1Br. The minimum absolute atomic E-state index is 0.346. The Morgan fingerprint density at radius 3 is 2.95 bits per heavy atom. The molecule has 0 spiro atoms. The maximum atomic E-state index is 5.69. The molecule has 1 saturated heterocycles. The van der Waals surface area contributed by atoms with Crippen LogP contribution in [-0.2, 0) is 4.74 Å². The van der Waals surface area contributed by atoms with E-state index in [9.17, 15) is 0 Å². The lowest BCUT2D eigenvalue weighted by Gasteiger charge is -2.23. The molecule has 2 unspecified atom stereocenters. The van der Waals surface area contributed by atoms with Gasteiger partial charge in [0.25, 0.3) is 0 Å². The van der Waals surface area contributed by atoms with Gasteiger partial charge in [0.1, 0.15) is 5.75 Å². The van der Waals surface area contributed by atoms with Crippen LogP contribution in [-0.4, -0.2) is 26.9 Å². The summed E-state index contributed by atoms with van der Waals surface area (Å²) in [4.78, 5) is 0. The standard InChI is InChI=1S/C15H22BrNO2/c1-3-7-19-14-5-4-11(9-13(14)16)15(17-2)12-6-8-18-10-12/h4-5,9,12,15,17H,3,6-8,10H2,1-2H3. The first-order valence-corrected chi connectivity index (χ1v) is 7.72. The van der Waals surface area contributed by atoms with Crippen molar-refractivity contribution in [3.05, 3.63) is 28.2 Å². The minimum Gasteiger partial charge on any atom is -0.492 e. The summed E-state index contributed by atoms with van der Waals surface area (Å²) in [6, 6.07) is 6.70. The molecular weight excluding hydrogens is 306 g/mol. The first-order chi connectivity index (χ1) is 9.26. The van der Waals surface area contributed by atoms with Gasteiger partial charge in [0.15, 0.2) is 0 Å². The van der Waals surface area contributed by atoms with E-state index in [1.54, 1.807) is 0 Å². The molecule has 106 valence electrons. The normalized spacial score (nSPS) is 20.5. The lowest BCUT2D eigenvalue weighted by Crippen LogP contribution is -2.25. The van der Waals surface area contributed by atoms with E-state index < -0.39 is 0 Å². The van der Waals surface area contributed by atoms with Crippen molar-refractivity contribution >= 4 is 15.9 Å². The summed E-state index contributed by atoms with van der Waals surface area (Å²) in [6.07, 6.45) is 2.14. The van der Waals surface area contributed by atoms with Crippen molar-refractivity contribution in [2.24, 2.45) is 5.92 Å². The van der Waals surface area contributed by atoms with Crippen LogP contribution in [0.5, 0.6) is 5.75 Å². The summed E-state index contributed by atoms with van der Waals surface area (Å²) in [6.45, 7) is 4.59. The second-order valence-electron chi connectivity index (χ2n) is 4.93. The van der Waals surface area contributed by atoms with Crippen molar-refractivity contribution in [2.75, 3.05) is 26.9 Å². The van der Waals surface area contributed by atoms with Crippen molar-refractivity contribution in [3.63, 3.8) is 0 Å². The molecule has 1 fully saturated rings. The van der Waals surface area contributed by atoms with Gasteiger partial charge < -0.3 is 14.8 Å². The Labute approximate surface area is 123 Å². The van der Waals surface area contributed by atoms with Crippen molar-refractivity contribution in [2.45, 2.75) is 25.8 Å². The third-order valence-electron chi connectivity index (χ3n) is 3.52. The van der Waals surface area contributed by atoms with E-state index in [4.69, 9.17) is 9.47 Å². The van der Waals surface area contributed by atoms with Gasteiger partial charge >= 0.3 is 0 Å². The topological polar surface area (TPSA) is 30.5 Å². The third-order valence-corrected chi connectivity index (χ3v) is 4.14. The fraction of sp³-hybridized carbons (Fsp3) is 0.600. The first kappa shape index (κ1) is 14.8. The van der Waals surface area contributed by atoms with E-state index in [0.29, 0.717) is 12.0 Å². The van der Waals surface area contributed by atoms with Crippen LogP contribution in [0, 0.1) is 5.92 Å². The molecule has 0 amide bonds. The highest BCUT2D eigenvalue weighted by Gasteiger charge is 2.26. The van der Waals surface area contributed by atoms with Crippen LogP contribution in [0.3, 0.4) is 0 Å². The molecule has 2 atom stereocenters. The summed E-state index contributed by atoms with van der Waals surface area (Å²) in [5.41, 5.74) is 1.29. The largest absolute Gasteiger partial charge is 0.492 e. The van der Waals surface area contributed by atoms with Gasteiger partial charge in [0.05, 0.1) is 17.7 Å². The van der Waals surface area contributed by atoms with Gasteiger partial charge in [-0.25, -0.2) is 0 Å². The minimum atomic E-state index is 0.346. The lowest BCUT2D eigenvalue weighted by atomic mass is 9.92. The van der Waals surface area contributed by atoms with Gasteiger partial charge in [0, 0.05) is 18.6 Å². The number of hydrogen-bond acceptors (Lipinski definition) is 3. The molecular formula is C15H22BrNO2. The molecule has 0 aromatic heterocycles. The Morgan fingerprint density at radius 2 is 2.37 bits per heavy atom. The fourth-order valence-corrected chi connectivity index (χ4v) is 3.04. The highest BCUT2D eigenvalue weighted by atomic mass is 79.9. The average molecular weight is 328 g/mol. The summed E-state index contributed by atoms with van der Waals surface area (Å²) < 4.78 is 12.2. The van der Waals surface area contributed by atoms with E-state index in [1.807, 2.05) is 7.05 Å². The molecule has 0 radical (unpaired) electrons. The number of nitrogens with one attached hydrogen (secondary N) is 1. The zero-order valence-corrected chi connectivity index (χ0v) is 13.2. The fourth-order valence-electron chi connectivity index (χ4n) is 2.53. The van der Waals surface area contributed by atoms with E-state index in [1.165, 1.54) is 5.56 Å². The molecule has 2 rings (SSSR count). The second kappa shape index (κ2) is 7.27. The Bertz CT molecular complexity index is 405. The number of hydrogen-bond donors (Lipinski definition) is 1. The molecule has 1 aromatic rings. The Morgan fingerprint density at radius 1 is 1.53 bits per heavy atom. The molecule has 19 heavy (non-hydrogen) atoms. The van der Waals surface area contributed by atoms with Crippen molar-refractivity contribution in [1.29, 1.82) is 0 Å². The van der Waals surface area contributed by atoms with Crippen molar-refractivity contribution in [1.82, 2.24) is 5.32 Å². The van der Waals surface area contributed by atoms with Gasteiger partial charge in [-0.2, -0.15) is 0 Å². The lowest BCUT2D eigenvalue weighted by molar-refractivity contribution is 0.178. The summed E-state index contributed by atoms with van der Waals surface area (Å²) in [5, 5.41) is 3.41. The third kappa shape index (κ3) is 3.71. The molecule has 1 aliphatic heterocycles. The van der Waals surface area contributed by atoms with Crippen LogP contribution in [0.2, 0.25) is 0 Å². The Hall–Kier alpha value is -0.580. The van der Waals surface area contributed by atoms with Crippen LogP contribution in [0.15, 0.2) is 22.7 Å². The van der Waals surface area contributed by atoms with E-state index >= 15 is 0 Å². The van der Waals surface area contributed by atoms with E-state index in [0.717, 1.165) is 42.9 Å². The zero-order valence-electron chi connectivity index (χ0n) is 11.6. The second-order valence-corrected chi connectivity index (χ2v) is 5.78. The van der Waals surface area contributed by atoms with Crippen molar-refractivity contribution in [3.8, 4) is 5.75 Å². The quantitative estimate of drug-likeness (QED) is 0.866. The molecule has 0 saturated carbocycles. The highest BCUT2D eigenvalue weighted by Crippen LogP contribution is 2.33. The summed E-state index contributed by atoms with van der Waals surface area (Å²) in [7, 11) is 2.01. The monoisotopic (exact) mass is 327 g/mol. The number of ether oxygens (including phenoxy) is 2. The van der Waals surface area contributed by atoms with E-state index in [2.05, 4.69) is 46.4 Å². The number of rotatable bonds is 6. The molecule has 1 heterocycles. The van der Waals surface area contributed by atoms with Crippen LogP contribution < -0.4 is 10.1 Å².